The zero-order valence-electron chi connectivity index (χ0n) is 16.5. The second-order valence-electron chi connectivity index (χ2n) is 7.47. The molecule has 0 radical (unpaired) electrons. The van der Waals surface area contributed by atoms with E-state index in [0.717, 1.165) is 12.3 Å². The molecule has 3 aromatic heterocycles. The molecular formula is C22H16F4N4O2. The van der Waals surface area contributed by atoms with Gasteiger partial charge in [0.05, 0.1) is 18.5 Å². The van der Waals surface area contributed by atoms with Crippen molar-refractivity contribution in [2.24, 2.45) is 0 Å². The third kappa shape index (κ3) is 3.31. The first-order valence-electron chi connectivity index (χ1n) is 9.90. The topological polar surface area (TPSA) is 63.6 Å². The predicted molar refractivity (Wildman–Crippen MR) is 105 cm³/mol. The molecule has 0 bridgehead atoms. The molecule has 1 aromatic carbocycles. The van der Waals surface area contributed by atoms with Crippen molar-refractivity contribution in [3.8, 4) is 11.5 Å². The lowest BCUT2D eigenvalue weighted by molar-refractivity contribution is -0.142. The summed E-state index contributed by atoms with van der Waals surface area (Å²) in [5.74, 6) is -0.861. The number of aromatic nitrogens is 3. The molecule has 0 N–H and O–H groups in total. The van der Waals surface area contributed by atoms with Crippen molar-refractivity contribution < 1.29 is 26.8 Å². The smallest absolute Gasteiger partial charge is 0.433 e. The van der Waals surface area contributed by atoms with Gasteiger partial charge in [0.1, 0.15) is 17.1 Å². The summed E-state index contributed by atoms with van der Waals surface area (Å²) < 4.78 is 61.3. The summed E-state index contributed by atoms with van der Waals surface area (Å²) in [5.41, 5.74) is -1.12. The highest BCUT2D eigenvalue weighted by atomic mass is 19.4. The van der Waals surface area contributed by atoms with Gasteiger partial charge in [-0.3, -0.25) is 4.79 Å². The van der Waals surface area contributed by atoms with Crippen molar-refractivity contribution in [2.45, 2.75) is 25.1 Å². The number of halogens is 4. The minimum atomic E-state index is -4.74. The summed E-state index contributed by atoms with van der Waals surface area (Å²) >= 11 is 0. The normalized spacial score (nSPS) is 16.8. The summed E-state index contributed by atoms with van der Waals surface area (Å²) in [6, 6.07) is 9.48. The number of hydrogen-bond donors (Lipinski definition) is 0. The van der Waals surface area contributed by atoms with Crippen LogP contribution in [0.1, 0.15) is 40.5 Å². The van der Waals surface area contributed by atoms with Crippen LogP contribution < -0.4 is 0 Å². The van der Waals surface area contributed by atoms with Gasteiger partial charge in [-0.1, -0.05) is 18.2 Å². The van der Waals surface area contributed by atoms with Crippen LogP contribution in [0.2, 0.25) is 0 Å². The minimum Gasteiger partial charge on any atom is -0.463 e. The Labute approximate surface area is 179 Å². The van der Waals surface area contributed by atoms with E-state index >= 15 is 0 Å². The lowest BCUT2D eigenvalue weighted by Crippen LogP contribution is -2.31. The average molecular weight is 444 g/mol. The number of rotatable bonds is 3. The Morgan fingerprint density at radius 1 is 1.16 bits per heavy atom. The van der Waals surface area contributed by atoms with E-state index in [1.807, 2.05) is 0 Å². The monoisotopic (exact) mass is 444 g/mol. The molecule has 1 saturated heterocycles. The van der Waals surface area contributed by atoms with Gasteiger partial charge >= 0.3 is 6.18 Å². The second-order valence-corrected chi connectivity index (χ2v) is 7.47. The van der Waals surface area contributed by atoms with E-state index < -0.39 is 29.6 Å². The molecule has 1 fully saturated rings. The molecule has 0 saturated carbocycles. The molecule has 1 atom stereocenters. The first-order chi connectivity index (χ1) is 15.3. The highest BCUT2D eigenvalue weighted by molar-refractivity contribution is 6.00. The number of furan rings is 1. The van der Waals surface area contributed by atoms with Crippen molar-refractivity contribution in [2.75, 3.05) is 6.54 Å². The summed E-state index contributed by atoms with van der Waals surface area (Å²) in [7, 11) is 0. The number of hydrogen-bond acceptors (Lipinski definition) is 4. The lowest BCUT2D eigenvalue weighted by Gasteiger charge is -2.25. The highest BCUT2D eigenvalue weighted by Gasteiger charge is 2.38. The summed E-state index contributed by atoms with van der Waals surface area (Å²) in [6.07, 6.45) is -1.16. The van der Waals surface area contributed by atoms with E-state index in [4.69, 9.17) is 4.42 Å². The van der Waals surface area contributed by atoms with Crippen LogP contribution in [-0.2, 0) is 6.18 Å². The number of amides is 1. The van der Waals surface area contributed by atoms with Gasteiger partial charge in [0.25, 0.3) is 5.91 Å². The predicted octanol–water partition coefficient (Wildman–Crippen LogP) is 5.12. The minimum absolute atomic E-state index is 0.0727. The quantitative estimate of drug-likeness (QED) is 0.411. The van der Waals surface area contributed by atoms with Crippen LogP contribution in [0.5, 0.6) is 0 Å². The molecule has 1 unspecified atom stereocenters. The van der Waals surface area contributed by atoms with E-state index in [1.54, 1.807) is 18.2 Å². The molecule has 32 heavy (non-hydrogen) atoms. The van der Waals surface area contributed by atoms with E-state index in [2.05, 4.69) is 10.1 Å². The van der Waals surface area contributed by atoms with Gasteiger partial charge < -0.3 is 9.32 Å². The summed E-state index contributed by atoms with van der Waals surface area (Å²) in [4.78, 5) is 19.1. The van der Waals surface area contributed by atoms with Crippen molar-refractivity contribution in [1.82, 2.24) is 19.5 Å². The molecule has 0 spiro atoms. The molecule has 10 heteroatoms. The van der Waals surface area contributed by atoms with Crippen molar-refractivity contribution >= 4 is 11.6 Å². The van der Waals surface area contributed by atoms with Gasteiger partial charge in [-0.05, 0) is 37.1 Å². The van der Waals surface area contributed by atoms with Crippen LogP contribution in [-0.4, -0.2) is 31.9 Å². The zero-order valence-corrected chi connectivity index (χ0v) is 16.5. The fourth-order valence-corrected chi connectivity index (χ4v) is 4.10. The molecule has 1 amide bonds. The van der Waals surface area contributed by atoms with Crippen LogP contribution in [0.4, 0.5) is 17.6 Å². The van der Waals surface area contributed by atoms with Crippen molar-refractivity contribution in [1.29, 1.82) is 0 Å². The molecule has 5 rings (SSSR count). The van der Waals surface area contributed by atoms with Gasteiger partial charge in [0, 0.05) is 12.1 Å². The molecule has 1 aliphatic rings. The Bertz CT molecular complexity index is 1300. The van der Waals surface area contributed by atoms with Gasteiger partial charge in [-0.15, -0.1) is 0 Å². The van der Waals surface area contributed by atoms with E-state index in [0.29, 0.717) is 29.5 Å². The fraction of sp³-hybridized carbons (Fsp3) is 0.227. The first kappa shape index (κ1) is 20.2. The van der Waals surface area contributed by atoms with Gasteiger partial charge in [0.2, 0.25) is 0 Å². The number of carbonyl (C=O) groups is 1. The maximum absolute atomic E-state index is 14.4. The lowest BCUT2D eigenvalue weighted by atomic mass is 10.0. The van der Waals surface area contributed by atoms with E-state index in [1.165, 1.54) is 29.4 Å². The maximum Gasteiger partial charge on any atom is 0.433 e. The standard InChI is InChI=1S/C22H16F4N4O2/c23-15-6-2-1-5-13(15)17-7-3-9-29(17)21(31)14-12-27-30-19(22(24,25)26)11-16(28-20(14)30)18-8-4-10-32-18/h1-2,4-6,8,10-12,17H,3,7,9H2. The Morgan fingerprint density at radius 3 is 2.69 bits per heavy atom. The van der Waals surface area contributed by atoms with Crippen LogP contribution in [0.25, 0.3) is 17.1 Å². The van der Waals surface area contributed by atoms with Crippen LogP contribution in [0, 0.1) is 5.82 Å². The zero-order chi connectivity index (χ0) is 22.5. The van der Waals surface area contributed by atoms with Crippen molar-refractivity contribution in [3.63, 3.8) is 0 Å². The third-order valence-corrected chi connectivity index (χ3v) is 5.54. The number of fused-ring (bicyclic) bond motifs is 1. The Kier molecular flexibility index (Phi) is 4.72. The van der Waals surface area contributed by atoms with Crippen LogP contribution >= 0.6 is 0 Å². The van der Waals surface area contributed by atoms with Crippen molar-refractivity contribution in [3.05, 3.63) is 77.6 Å². The van der Waals surface area contributed by atoms with E-state index in [9.17, 15) is 22.4 Å². The molecule has 6 nitrogen and oxygen atoms in total. The van der Waals surface area contributed by atoms with Gasteiger partial charge in [-0.25, -0.2) is 13.9 Å². The van der Waals surface area contributed by atoms with Crippen LogP contribution in [0.3, 0.4) is 0 Å². The summed E-state index contributed by atoms with van der Waals surface area (Å²) in [6.45, 7) is 0.346. The number of likely N-dealkylation sites (tertiary alicyclic amines) is 1. The molecule has 0 aliphatic carbocycles. The van der Waals surface area contributed by atoms with Gasteiger partial charge in [-0.2, -0.15) is 18.3 Å². The molecular weight excluding hydrogens is 428 g/mol. The molecule has 164 valence electrons. The molecule has 4 heterocycles. The largest absolute Gasteiger partial charge is 0.463 e. The Balaban J connectivity index is 1.62. The summed E-state index contributed by atoms with van der Waals surface area (Å²) in [5, 5.41) is 3.80. The molecule has 4 aromatic rings. The maximum atomic E-state index is 14.4. The average Bonchev–Trinajstić information content (AvgIpc) is 3.52. The molecule has 1 aliphatic heterocycles. The third-order valence-electron chi connectivity index (χ3n) is 5.54. The second kappa shape index (κ2) is 7.47. The Morgan fingerprint density at radius 2 is 1.97 bits per heavy atom. The van der Waals surface area contributed by atoms with E-state index in [-0.39, 0.29) is 22.7 Å². The number of benzene rings is 1. The SMILES string of the molecule is O=C(c1cnn2c(C(F)(F)F)cc(-c3ccco3)nc12)N1CCCC1c1ccccc1F. The first-order valence-corrected chi connectivity index (χ1v) is 9.90. The number of nitrogens with zero attached hydrogens (tertiary/aromatic N) is 4. The highest BCUT2D eigenvalue weighted by Crippen LogP contribution is 2.36. The number of alkyl halides is 3. The van der Waals surface area contributed by atoms with Crippen LogP contribution in [0.15, 0.2) is 59.3 Å². The number of carbonyl (C=O) groups excluding carboxylic acids is 1. The fourth-order valence-electron chi connectivity index (χ4n) is 4.10. The van der Waals surface area contributed by atoms with Gasteiger partial charge in [0.15, 0.2) is 17.1 Å². The Hall–Kier alpha value is -3.69.